The van der Waals surface area contributed by atoms with Crippen LogP contribution < -0.4 is 20.3 Å². The first-order valence-electron chi connectivity index (χ1n) is 10.6. The average Bonchev–Trinajstić information content (AvgIpc) is 2.78. The Labute approximate surface area is 178 Å². The molecule has 2 amide bonds. The molecule has 2 aromatic rings. The molecule has 0 radical (unpaired) electrons. The number of hydrogen-bond acceptors (Lipinski definition) is 4. The van der Waals surface area contributed by atoms with Gasteiger partial charge in [0.05, 0.1) is 12.7 Å². The van der Waals surface area contributed by atoms with Gasteiger partial charge in [0.25, 0.3) is 11.8 Å². The van der Waals surface area contributed by atoms with E-state index in [0.29, 0.717) is 23.5 Å². The van der Waals surface area contributed by atoms with E-state index in [0.717, 1.165) is 25.0 Å². The molecule has 6 nitrogen and oxygen atoms in total. The maximum absolute atomic E-state index is 12.2. The molecular formula is C24H32N2O4. The Morgan fingerprint density at radius 1 is 0.800 bits per heavy atom. The molecule has 0 heterocycles. The van der Waals surface area contributed by atoms with Gasteiger partial charge in [-0.3, -0.25) is 20.4 Å². The summed E-state index contributed by atoms with van der Waals surface area (Å²) in [5, 5.41) is 0. The highest BCUT2D eigenvalue weighted by molar-refractivity contribution is 5.99. The zero-order valence-corrected chi connectivity index (χ0v) is 18.1. The number of hydrazine groups is 1. The van der Waals surface area contributed by atoms with Crippen LogP contribution in [0, 0.1) is 0 Å². The molecule has 1 unspecified atom stereocenters. The van der Waals surface area contributed by atoms with Crippen LogP contribution in [0.5, 0.6) is 11.5 Å². The van der Waals surface area contributed by atoms with Crippen molar-refractivity contribution in [3.8, 4) is 11.5 Å². The van der Waals surface area contributed by atoms with Crippen molar-refractivity contribution in [2.75, 3.05) is 6.61 Å². The van der Waals surface area contributed by atoms with Gasteiger partial charge >= 0.3 is 0 Å². The summed E-state index contributed by atoms with van der Waals surface area (Å²) in [5.74, 6) is 0.643. The van der Waals surface area contributed by atoms with E-state index in [4.69, 9.17) is 9.47 Å². The van der Waals surface area contributed by atoms with Gasteiger partial charge in [-0.1, -0.05) is 33.1 Å². The molecule has 0 aromatic heterocycles. The van der Waals surface area contributed by atoms with Crippen LogP contribution in [0.3, 0.4) is 0 Å². The lowest BCUT2D eigenvalue weighted by atomic mass is 10.2. The monoisotopic (exact) mass is 412 g/mol. The first kappa shape index (κ1) is 23.3. The second-order valence-corrected chi connectivity index (χ2v) is 7.20. The Kier molecular flexibility index (Phi) is 9.71. The number of amides is 2. The summed E-state index contributed by atoms with van der Waals surface area (Å²) < 4.78 is 11.4. The molecule has 6 heteroatoms. The van der Waals surface area contributed by atoms with E-state index in [-0.39, 0.29) is 6.10 Å². The van der Waals surface area contributed by atoms with Crippen LogP contribution in [0.15, 0.2) is 48.5 Å². The molecule has 2 rings (SSSR count). The predicted octanol–water partition coefficient (Wildman–Crippen LogP) is 4.90. The van der Waals surface area contributed by atoms with E-state index in [9.17, 15) is 9.59 Å². The van der Waals surface area contributed by atoms with Gasteiger partial charge in [-0.25, -0.2) is 0 Å². The highest BCUT2D eigenvalue weighted by atomic mass is 16.5. The third kappa shape index (κ3) is 7.78. The number of nitrogens with one attached hydrogen (secondary N) is 2. The molecule has 0 aliphatic rings. The van der Waals surface area contributed by atoms with Crippen LogP contribution in [-0.4, -0.2) is 24.5 Å². The Morgan fingerprint density at radius 2 is 1.33 bits per heavy atom. The van der Waals surface area contributed by atoms with Crippen molar-refractivity contribution < 1.29 is 19.1 Å². The highest BCUT2D eigenvalue weighted by Gasteiger charge is 2.10. The predicted molar refractivity (Wildman–Crippen MR) is 118 cm³/mol. The van der Waals surface area contributed by atoms with Gasteiger partial charge in [0.2, 0.25) is 0 Å². The van der Waals surface area contributed by atoms with Crippen molar-refractivity contribution in [2.24, 2.45) is 0 Å². The summed E-state index contributed by atoms with van der Waals surface area (Å²) in [4.78, 5) is 24.5. The molecule has 2 N–H and O–H groups in total. The fourth-order valence-electron chi connectivity index (χ4n) is 2.68. The van der Waals surface area contributed by atoms with Gasteiger partial charge in [0.1, 0.15) is 11.5 Å². The largest absolute Gasteiger partial charge is 0.494 e. The molecule has 1 atom stereocenters. The molecule has 0 aliphatic heterocycles. The summed E-state index contributed by atoms with van der Waals surface area (Å²) in [5.41, 5.74) is 5.72. The maximum Gasteiger partial charge on any atom is 0.269 e. The first-order chi connectivity index (χ1) is 14.5. The zero-order valence-electron chi connectivity index (χ0n) is 18.1. The van der Waals surface area contributed by atoms with Gasteiger partial charge in [-0.2, -0.15) is 0 Å². The molecule has 30 heavy (non-hydrogen) atoms. The quantitative estimate of drug-likeness (QED) is 0.407. The number of benzene rings is 2. The normalized spacial score (nSPS) is 11.4. The number of carbonyl (C=O) groups is 2. The Balaban J connectivity index is 1.78. The lowest BCUT2D eigenvalue weighted by molar-refractivity contribution is 0.0846. The Morgan fingerprint density at radius 3 is 1.83 bits per heavy atom. The highest BCUT2D eigenvalue weighted by Crippen LogP contribution is 2.15. The van der Waals surface area contributed by atoms with E-state index in [2.05, 4.69) is 17.8 Å². The van der Waals surface area contributed by atoms with Crippen LogP contribution in [0.4, 0.5) is 0 Å². The Bertz CT molecular complexity index is 788. The van der Waals surface area contributed by atoms with Gasteiger partial charge in [0.15, 0.2) is 0 Å². The zero-order chi connectivity index (χ0) is 21.8. The summed E-state index contributed by atoms with van der Waals surface area (Å²) >= 11 is 0. The van der Waals surface area contributed by atoms with Crippen LogP contribution in [0.1, 0.15) is 73.6 Å². The molecule has 0 bridgehead atoms. The average molecular weight is 413 g/mol. The number of unbranched alkanes of at least 4 members (excludes halogenated alkanes) is 3. The topological polar surface area (TPSA) is 76.7 Å². The van der Waals surface area contributed by atoms with Gasteiger partial charge in [0, 0.05) is 11.1 Å². The summed E-state index contributed by atoms with van der Waals surface area (Å²) in [6, 6.07) is 13.7. The minimum Gasteiger partial charge on any atom is -0.494 e. The minimum absolute atomic E-state index is 0.113. The maximum atomic E-state index is 12.2. The van der Waals surface area contributed by atoms with Crippen molar-refractivity contribution in [2.45, 2.75) is 59.0 Å². The summed E-state index contributed by atoms with van der Waals surface area (Å²) in [6.45, 7) is 6.88. The van der Waals surface area contributed by atoms with E-state index in [1.807, 2.05) is 13.8 Å². The molecule has 162 valence electrons. The lowest BCUT2D eigenvalue weighted by Gasteiger charge is -2.13. The molecule has 0 saturated carbocycles. The second kappa shape index (κ2) is 12.5. The van der Waals surface area contributed by atoms with Crippen LogP contribution >= 0.6 is 0 Å². The van der Waals surface area contributed by atoms with E-state index in [1.165, 1.54) is 12.8 Å². The molecule has 2 aromatic carbocycles. The fourth-order valence-corrected chi connectivity index (χ4v) is 2.68. The van der Waals surface area contributed by atoms with Gasteiger partial charge < -0.3 is 9.47 Å². The Hall–Kier alpha value is -3.02. The van der Waals surface area contributed by atoms with E-state index < -0.39 is 11.8 Å². The number of rotatable bonds is 11. The standard InChI is InChI=1S/C24H32N2O4/c1-4-6-7-8-17-29-21-13-9-19(10-14-21)23(27)25-26-24(28)20-11-15-22(16-12-20)30-18(3)5-2/h9-16,18H,4-8,17H2,1-3H3,(H,25,27)(H,26,28). The van der Waals surface area contributed by atoms with E-state index >= 15 is 0 Å². The molecule has 0 aliphatic carbocycles. The molecule has 0 spiro atoms. The van der Waals surface area contributed by atoms with Crippen molar-refractivity contribution in [1.82, 2.24) is 10.9 Å². The SMILES string of the molecule is CCCCCCOc1ccc(C(=O)NNC(=O)c2ccc(OC(C)CC)cc2)cc1. The third-order valence-electron chi connectivity index (χ3n) is 4.70. The number of hydrogen-bond donors (Lipinski definition) is 2. The fraction of sp³-hybridized carbons (Fsp3) is 0.417. The summed E-state index contributed by atoms with van der Waals surface area (Å²) in [6.07, 6.45) is 5.60. The number of ether oxygens (including phenoxy) is 2. The van der Waals surface area contributed by atoms with Crippen LogP contribution in [0.2, 0.25) is 0 Å². The summed E-state index contributed by atoms with van der Waals surface area (Å²) in [7, 11) is 0. The number of carbonyl (C=O) groups excluding carboxylic acids is 2. The smallest absolute Gasteiger partial charge is 0.269 e. The molecule has 0 fully saturated rings. The van der Waals surface area contributed by atoms with Gasteiger partial charge in [-0.05, 0) is 68.3 Å². The van der Waals surface area contributed by atoms with E-state index in [1.54, 1.807) is 48.5 Å². The first-order valence-corrected chi connectivity index (χ1v) is 10.6. The second-order valence-electron chi connectivity index (χ2n) is 7.20. The van der Waals surface area contributed by atoms with Gasteiger partial charge in [-0.15, -0.1) is 0 Å². The van der Waals surface area contributed by atoms with Crippen molar-refractivity contribution >= 4 is 11.8 Å². The van der Waals surface area contributed by atoms with Crippen LogP contribution in [0.25, 0.3) is 0 Å². The van der Waals surface area contributed by atoms with Crippen molar-refractivity contribution in [1.29, 1.82) is 0 Å². The lowest BCUT2D eigenvalue weighted by Crippen LogP contribution is -2.41. The molecular weight excluding hydrogens is 380 g/mol. The van der Waals surface area contributed by atoms with Crippen molar-refractivity contribution in [3.05, 3.63) is 59.7 Å². The minimum atomic E-state index is -0.398. The molecule has 0 saturated heterocycles. The third-order valence-corrected chi connectivity index (χ3v) is 4.70. The van der Waals surface area contributed by atoms with Crippen LogP contribution in [-0.2, 0) is 0 Å². The van der Waals surface area contributed by atoms with Crippen molar-refractivity contribution in [3.63, 3.8) is 0 Å².